The molecular formula is C56H38N2. The molecule has 0 saturated heterocycles. The van der Waals surface area contributed by atoms with Crippen LogP contribution in [0.25, 0.3) is 82.4 Å². The third-order valence-electron chi connectivity index (χ3n) is 11.5. The van der Waals surface area contributed by atoms with Gasteiger partial charge in [0.1, 0.15) is 0 Å². The lowest BCUT2D eigenvalue weighted by molar-refractivity contribution is 1.18. The van der Waals surface area contributed by atoms with Gasteiger partial charge in [0, 0.05) is 33.5 Å². The highest BCUT2D eigenvalue weighted by molar-refractivity contribution is 6.21. The Bertz CT molecular complexity index is 3200. The fourth-order valence-electron chi connectivity index (χ4n) is 8.99. The quantitative estimate of drug-likeness (QED) is 0.148. The molecule has 10 aromatic carbocycles. The maximum absolute atomic E-state index is 2.37. The molecule has 0 aliphatic heterocycles. The average Bonchev–Trinajstić information content (AvgIpc) is 3.63. The fourth-order valence-corrected chi connectivity index (χ4v) is 8.99. The molecule has 0 unspecified atom stereocenters. The molecule has 0 amide bonds. The maximum atomic E-state index is 2.37. The molecule has 0 N–H and O–H groups in total. The van der Waals surface area contributed by atoms with Crippen molar-refractivity contribution < 1.29 is 0 Å². The number of hydrogen-bond acceptors (Lipinski definition) is 1. The first-order valence-corrected chi connectivity index (χ1v) is 19.9. The predicted molar refractivity (Wildman–Crippen MR) is 247 cm³/mol. The van der Waals surface area contributed by atoms with E-state index in [2.05, 4.69) is 240 Å². The summed E-state index contributed by atoms with van der Waals surface area (Å²) < 4.78 is 2.37. The largest absolute Gasteiger partial charge is 0.310 e. The van der Waals surface area contributed by atoms with E-state index in [9.17, 15) is 0 Å². The molecule has 2 nitrogen and oxygen atoms in total. The van der Waals surface area contributed by atoms with E-state index >= 15 is 0 Å². The van der Waals surface area contributed by atoms with Crippen molar-refractivity contribution in [2.24, 2.45) is 0 Å². The van der Waals surface area contributed by atoms with E-state index in [0.29, 0.717) is 0 Å². The second kappa shape index (κ2) is 14.1. The van der Waals surface area contributed by atoms with Crippen molar-refractivity contribution in [2.75, 3.05) is 4.90 Å². The normalized spacial score (nSPS) is 11.4. The second-order valence-corrected chi connectivity index (χ2v) is 14.9. The summed E-state index contributed by atoms with van der Waals surface area (Å²) in [7, 11) is 0. The highest BCUT2D eigenvalue weighted by atomic mass is 15.1. The Balaban J connectivity index is 1.06. The van der Waals surface area contributed by atoms with E-state index < -0.39 is 0 Å². The van der Waals surface area contributed by atoms with E-state index in [1.165, 1.54) is 76.7 Å². The van der Waals surface area contributed by atoms with Crippen molar-refractivity contribution in [3.05, 3.63) is 231 Å². The zero-order valence-corrected chi connectivity index (χ0v) is 31.8. The van der Waals surface area contributed by atoms with Crippen LogP contribution in [0, 0.1) is 0 Å². The Morgan fingerprint density at radius 2 is 0.724 bits per heavy atom. The van der Waals surface area contributed by atoms with Gasteiger partial charge in [0.15, 0.2) is 0 Å². The number of fused-ring (bicyclic) bond motifs is 5. The molecule has 0 fully saturated rings. The average molecular weight is 739 g/mol. The van der Waals surface area contributed by atoms with Crippen molar-refractivity contribution in [3.63, 3.8) is 0 Å². The summed E-state index contributed by atoms with van der Waals surface area (Å²) in [6.45, 7) is 0. The Hall–Kier alpha value is -7.68. The van der Waals surface area contributed by atoms with Crippen molar-refractivity contribution >= 4 is 60.4 Å². The summed E-state index contributed by atoms with van der Waals surface area (Å²) >= 11 is 0. The van der Waals surface area contributed by atoms with E-state index in [0.717, 1.165) is 22.7 Å². The predicted octanol–water partition coefficient (Wildman–Crippen LogP) is 15.6. The van der Waals surface area contributed by atoms with E-state index in [1.807, 2.05) is 0 Å². The van der Waals surface area contributed by atoms with Crippen molar-refractivity contribution in [3.8, 4) is 39.1 Å². The van der Waals surface area contributed by atoms with Gasteiger partial charge in [-0.05, 0) is 122 Å². The van der Waals surface area contributed by atoms with Crippen LogP contribution >= 0.6 is 0 Å². The standard InChI is InChI=1S/C56H38N2/c1-4-17-39(18-5-1)41-19-16-20-42(37-41)56-50-28-12-10-26-48(50)55(49-27-11-13-29-51(49)56)40-31-33-45(34-32-40)57(43-21-6-2-7-22-43)46-35-36-54-52(38-46)47-25-14-15-30-53(47)58(54)44-23-8-3-9-24-44/h1-38H. The molecule has 0 spiro atoms. The zero-order chi connectivity index (χ0) is 38.4. The topological polar surface area (TPSA) is 8.17 Å². The van der Waals surface area contributed by atoms with Gasteiger partial charge in [-0.25, -0.2) is 0 Å². The Labute approximate surface area is 338 Å². The fraction of sp³-hybridized carbons (Fsp3) is 0. The van der Waals surface area contributed by atoms with Crippen LogP contribution in [0.2, 0.25) is 0 Å². The molecule has 58 heavy (non-hydrogen) atoms. The van der Waals surface area contributed by atoms with Gasteiger partial charge in [-0.15, -0.1) is 0 Å². The minimum atomic E-state index is 1.10. The lowest BCUT2D eigenvalue weighted by Crippen LogP contribution is -2.09. The Morgan fingerprint density at radius 1 is 0.259 bits per heavy atom. The molecule has 2 heteroatoms. The van der Waals surface area contributed by atoms with Gasteiger partial charge in [0.2, 0.25) is 0 Å². The van der Waals surface area contributed by atoms with Crippen LogP contribution in [0.4, 0.5) is 17.1 Å². The first kappa shape index (κ1) is 33.6. The number of anilines is 3. The summed E-state index contributed by atoms with van der Waals surface area (Å²) in [5.41, 5.74) is 14.2. The van der Waals surface area contributed by atoms with E-state index in [1.54, 1.807) is 0 Å². The molecule has 0 bridgehead atoms. The molecule has 0 aliphatic rings. The van der Waals surface area contributed by atoms with Gasteiger partial charge in [-0.2, -0.15) is 0 Å². The SMILES string of the molecule is c1ccc(-c2cccc(-c3c4ccccc4c(-c4ccc(N(c5ccccc5)c5ccc6c(c5)c5ccccc5n6-c5ccccc5)cc4)c4ccccc34)c2)cc1. The third-order valence-corrected chi connectivity index (χ3v) is 11.5. The van der Waals surface area contributed by atoms with Gasteiger partial charge < -0.3 is 9.47 Å². The Kier molecular flexibility index (Phi) is 8.19. The molecular weight excluding hydrogens is 701 g/mol. The first-order chi connectivity index (χ1) is 28.8. The van der Waals surface area contributed by atoms with E-state index in [4.69, 9.17) is 0 Å². The molecule has 1 aromatic heterocycles. The molecule has 0 saturated carbocycles. The molecule has 11 aromatic rings. The molecule has 0 radical (unpaired) electrons. The van der Waals surface area contributed by atoms with Crippen molar-refractivity contribution in [1.29, 1.82) is 0 Å². The number of benzene rings is 10. The van der Waals surface area contributed by atoms with Gasteiger partial charge >= 0.3 is 0 Å². The zero-order valence-electron chi connectivity index (χ0n) is 31.8. The summed E-state index contributed by atoms with van der Waals surface area (Å²) in [6, 6.07) is 83.6. The highest BCUT2D eigenvalue weighted by Gasteiger charge is 2.20. The molecule has 11 rings (SSSR count). The van der Waals surface area contributed by atoms with Gasteiger partial charge in [-0.3, -0.25) is 0 Å². The molecule has 0 aliphatic carbocycles. The van der Waals surface area contributed by atoms with Crippen LogP contribution in [0.15, 0.2) is 231 Å². The monoisotopic (exact) mass is 738 g/mol. The number of rotatable bonds is 7. The van der Waals surface area contributed by atoms with Gasteiger partial charge in [-0.1, -0.05) is 164 Å². The number of para-hydroxylation sites is 3. The Morgan fingerprint density at radius 3 is 1.38 bits per heavy atom. The highest BCUT2D eigenvalue weighted by Crippen LogP contribution is 2.45. The van der Waals surface area contributed by atoms with Crippen LogP contribution in [-0.4, -0.2) is 4.57 Å². The molecule has 272 valence electrons. The summed E-state index contributed by atoms with van der Waals surface area (Å²) in [6.07, 6.45) is 0. The van der Waals surface area contributed by atoms with Crippen LogP contribution in [-0.2, 0) is 0 Å². The van der Waals surface area contributed by atoms with Crippen molar-refractivity contribution in [1.82, 2.24) is 4.57 Å². The number of hydrogen-bond donors (Lipinski definition) is 0. The first-order valence-electron chi connectivity index (χ1n) is 19.9. The van der Waals surface area contributed by atoms with Crippen LogP contribution in [0.1, 0.15) is 0 Å². The summed E-state index contributed by atoms with van der Waals surface area (Å²) in [5.74, 6) is 0. The summed E-state index contributed by atoms with van der Waals surface area (Å²) in [5, 5.41) is 7.45. The molecule has 0 atom stereocenters. The lowest BCUT2D eigenvalue weighted by Gasteiger charge is -2.26. The lowest BCUT2D eigenvalue weighted by atomic mass is 9.85. The molecule has 1 heterocycles. The smallest absolute Gasteiger partial charge is 0.0542 e. The number of nitrogens with zero attached hydrogens (tertiary/aromatic N) is 2. The van der Waals surface area contributed by atoms with Crippen LogP contribution in [0.3, 0.4) is 0 Å². The minimum absolute atomic E-state index is 1.10. The van der Waals surface area contributed by atoms with Gasteiger partial charge in [0.05, 0.1) is 11.0 Å². The van der Waals surface area contributed by atoms with E-state index in [-0.39, 0.29) is 0 Å². The second-order valence-electron chi connectivity index (χ2n) is 14.9. The number of aromatic nitrogens is 1. The van der Waals surface area contributed by atoms with Crippen LogP contribution in [0.5, 0.6) is 0 Å². The third kappa shape index (κ3) is 5.66. The minimum Gasteiger partial charge on any atom is -0.310 e. The summed E-state index contributed by atoms with van der Waals surface area (Å²) in [4.78, 5) is 2.37. The van der Waals surface area contributed by atoms with Crippen molar-refractivity contribution in [2.45, 2.75) is 0 Å². The van der Waals surface area contributed by atoms with Crippen LogP contribution < -0.4 is 4.90 Å². The van der Waals surface area contributed by atoms with Gasteiger partial charge in [0.25, 0.3) is 0 Å². The maximum Gasteiger partial charge on any atom is 0.0542 e.